The van der Waals surface area contributed by atoms with Crippen molar-refractivity contribution in [1.82, 2.24) is 0 Å². The van der Waals surface area contributed by atoms with Crippen molar-refractivity contribution in [3.63, 3.8) is 0 Å². The largest absolute Gasteiger partial charge is 0.450 e. The molecule has 132 valence electrons. The third-order valence-electron chi connectivity index (χ3n) is 4.02. The molecule has 0 saturated heterocycles. The highest BCUT2D eigenvalue weighted by Gasteiger charge is 2.24. The van der Waals surface area contributed by atoms with E-state index < -0.39 is 24.1 Å². The minimum atomic E-state index is -1.42. The van der Waals surface area contributed by atoms with Gasteiger partial charge in [0.1, 0.15) is 0 Å². The van der Waals surface area contributed by atoms with Crippen molar-refractivity contribution in [2.75, 3.05) is 5.32 Å². The van der Waals surface area contributed by atoms with Gasteiger partial charge in [-0.25, -0.2) is 4.79 Å². The van der Waals surface area contributed by atoms with Gasteiger partial charge in [0.05, 0.1) is 0 Å². The lowest BCUT2D eigenvalue weighted by molar-refractivity contribution is -0.162. The maximum absolute atomic E-state index is 12.3. The lowest BCUT2D eigenvalue weighted by atomic mass is 10.1. The molecule has 3 aromatic carbocycles. The number of fused-ring (bicyclic) bond motifs is 1. The molecule has 2 atom stereocenters. The van der Waals surface area contributed by atoms with Gasteiger partial charge in [0.15, 0.2) is 12.2 Å². The van der Waals surface area contributed by atoms with Crippen molar-refractivity contribution < 1.29 is 19.4 Å². The maximum atomic E-state index is 12.3. The molecule has 0 bridgehead atoms. The molecule has 0 radical (unpaired) electrons. The van der Waals surface area contributed by atoms with Gasteiger partial charge in [0.25, 0.3) is 5.91 Å². The highest BCUT2D eigenvalue weighted by atomic mass is 16.6. The number of carbonyl (C=O) groups is 2. The van der Waals surface area contributed by atoms with Crippen molar-refractivity contribution in [3.8, 4) is 0 Å². The first-order valence-electron chi connectivity index (χ1n) is 8.28. The van der Waals surface area contributed by atoms with Gasteiger partial charge < -0.3 is 15.2 Å². The number of aliphatic hydroxyl groups is 1. The maximum Gasteiger partial charge on any atom is 0.340 e. The van der Waals surface area contributed by atoms with Crippen LogP contribution in [0.5, 0.6) is 0 Å². The number of benzene rings is 3. The van der Waals surface area contributed by atoms with Crippen LogP contribution in [0.15, 0.2) is 72.8 Å². The Kier molecular flexibility index (Phi) is 5.29. The van der Waals surface area contributed by atoms with Gasteiger partial charge in [-0.15, -0.1) is 0 Å². The SMILES string of the molecule is C[C@@H](OC(=O)[C@@H](O)c1ccccc1)C(=O)Nc1ccc2ccccc2c1. The summed E-state index contributed by atoms with van der Waals surface area (Å²) >= 11 is 0. The smallest absolute Gasteiger partial charge is 0.340 e. The van der Waals surface area contributed by atoms with E-state index in [0.717, 1.165) is 10.8 Å². The van der Waals surface area contributed by atoms with Crippen LogP contribution in [0.2, 0.25) is 0 Å². The van der Waals surface area contributed by atoms with Crippen LogP contribution in [0, 0.1) is 0 Å². The number of carbonyl (C=O) groups excluding carboxylic acids is 2. The summed E-state index contributed by atoms with van der Waals surface area (Å²) in [6.07, 6.45) is -2.46. The van der Waals surface area contributed by atoms with Crippen LogP contribution >= 0.6 is 0 Å². The van der Waals surface area contributed by atoms with Gasteiger partial charge in [-0.2, -0.15) is 0 Å². The summed E-state index contributed by atoms with van der Waals surface area (Å²) in [5, 5.41) is 14.8. The first-order chi connectivity index (χ1) is 12.5. The van der Waals surface area contributed by atoms with Crippen molar-refractivity contribution in [1.29, 1.82) is 0 Å². The van der Waals surface area contributed by atoms with E-state index in [0.29, 0.717) is 11.3 Å². The molecular weight excluding hydrogens is 330 g/mol. The number of nitrogens with one attached hydrogen (secondary N) is 1. The molecular formula is C21H19NO4. The lowest BCUT2D eigenvalue weighted by Crippen LogP contribution is -2.31. The normalized spacial score (nSPS) is 13.0. The molecule has 0 aliphatic rings. The minimum Gasteiger partial charge on any atom is -0.450 e. The molecule has 0 aliphatic heterocycles. The number of hydrogen-bond donors (Lipinski definition) is 2. The Hall–Kier alpha value is -3.18. The fourth-order valence-electron chi connectivity index (χ4n) is 2.57. The number of ether oxygens (including phenoxy) is 1. The third-order valence-corrected chi connectivity index (χ3v) is 4.02. The zero-order chi connectivity index (χ0) is 18.5. The summed E-state index contributed by atoms with van der Waals surface area (Å²) in [5.41, 5.74) is 1.03. The second-order valence-electron chi connectivity index (χ2n) is 5.94. The average molecular weight is 349 g/mol. The summed E-state index contributed by atoms with van der Waals surface area (Å²) in [4.78, 5) is 24.3. The molecule has 0 aliphatic carbocycles. The third kappa shape index (κ3) is 4.07. The molecule has 0 fully saturated rings. The molecule has 0 heterocycles. The number of esters is 1. The Bertz CT molecular complexity index is 923. The van der Waals surface area contributed by atoms with Crippen molar-refractivity contribution >= 4 is 28.3 Å². The van der Waals surface area contributed by atoms with Crippen molar-refractivity contribution in [3.05, 3.63) is 78.4 Å². The van der Waals surface area contributed by atoms with Crippen LogP contribution in [0.1, 0.15) is 18.6 Å². The fraction of sp³-hybridized carbons (Fsp3) is 0.143. The van der Waals surface area contributed by atoms with E-state index >= 15 is 0 Å². The average Bonchev–Trinajstić information content (AvgIpc) is 2.67. The van der Waals surface area contributed by atoms with Crippen LogP contribution in [0.25, 0.3) is 10.8 Å². The zero-order valence-corrected chi connectivity index (χ0v) is 14.3. The monoisotopic (exact) mass is 349 g/mol. The molecule has 0 saturated carbocycles. The standard InChI is InChI=1S/C21H19NO4/c1-14(26-21(25)19(23)16-8-3-2-4-9-16)20(24)22-18-12-11-15-7-5-6-10-17(15)13-18/h2-14,19,23H,1H3,(H,22,24)/t14-,19+/m1/s1. The number of anilines is 1. The Balaban J connectivity index is 1.62. The summed E-state index contributed by atoms with van der Waals surface area (Å²) in [7, 11) is 0. The van der Waals surface area contributed by atoms with E-state index in [1.165, 1.54) is 6.92 Å². The molecule has 2 N–H and O–H groups in total. The summed E-state index contributed by atoms with van der Waals surface area (Å²) in [5.74, 6) is -1.33. The minimum absolute atomic E-state index is 0.416. The molecule has 0 unspecified atom stereocenters. The van der Waals surface area contributed by atoms with Gasteiger partial charge in [-0.1, -0.05) is 60.7 Å². The van der Waals surface area contributed by atoms with Crippen LogP contribution in [0.3, 0.4) is 0 Å². The highest BCUT2D eigenvalue weighted by molar-refractivity contribution is 5.97. The van der Waals surface area contributed by atoms with Crippen LogP contribution < -0.4 is 5.32 Å². The van der Waals surface area contributed by atoms with E-state index in [9.17, 15) is 14.7 Å². The number of aliphatic hydroxyl groups excluding tert-OH is 1. The Morgan fingerprint density at radius 2 is 1.58 bits per heavy atom. The predicted octanol–water partition coefficient (Wildman–Crippen LogP) is 3.44. The van der Waals surface area contributed by atoms with Gasteiger partial charge >= 0.3 is 5.97 Å². The van der Waals surface area contributed by atoms with Crippen molar-refractivity contribution in [2.45, 2.75) is 19.1 Å². The Labute approximate surface area is 151 Å². The fourth-order valence-corrected chi connectivity index (χ4v) is 2.57. The number of hydrogen-bond acceptors (Lipinski definition) is 4. The highest BCUT2D eigenvalue weighted by Crippen LogP contribution is 2.19. The Morgan fingerprint density at radius 3 is 2.31 bits per heavy atom. The number of amides is 1. The number of rotatable bonds is 5. The van der Waals surface area contributed by atoms with Crippen LogP contribution in [0.4, 0.5) is 5.69 Å². The molecule has 3 aromatic rings. The molecule has 5 heteroatoms. The summed E-state index contributed by atoms with van der Waals surface area (Å²) in [6, 6.07) is 21.8. The molecule has 0 spiro atoms. The second-order valence-corrected chi connectivity index (χ2v) is 5.94. The topological polar surface area (TPSA) is 75.6 Å². The first kappa shape index (κ1) is 17.6. The van der Waals surface area contributed by atoms with E-state index in [1.54, 1.807) is 36.4 Å². The van der Waals surface area contributed by atoms with Gasteiger partial charge in [0.2, 0.25) is 0 Å². The van der Waals surface area contributed by atoms with E-state index in [2.05, 4.69) is 5.32 Å². The second kappa shape index (κ2) is 7.80. The van der Waals surface area contributed by atoms with E-state index in [1.807, 2.05) is 36.4 Å². The zero-order valence-electron chi connectivity index (χ0n) is 14.3. The lowest BCUT2D eigenvalue weighted by Gasteiger charge is -2.16. The predicted molar refractivity (Wildman–Crippen MR) is 99.5 cm³/mol. The molecule has 3 rings (SSSR count). The summed E-state index contributed by atoms with van der Waals surface area (Å²) < 4.78 is 5.09. The molecule has 26 heavy (non-hydrogen) atoms. The summed E-state index contributed by atoms with van der Waals surface area (Å²) in [6.45, 7) is 1.46. The van der Waals surface area contributed by atoms with Crippen LogP contribution in [-0.4, -0.2) is 23.1 Å². The molecule has 1 amide bonds. The molecule has 5 nitrogen and oxygen atoms in total. The van der Waals surface area contributed by atoms with Gasteiger partial charge in [-0.3, -0.25) is 4.79 Å². The van der Waals surface area contributed by atoms with E-state index in [-0.39, 0.29) is 0 Å². The first-order valence-corrected chi connectivity index (χ1v) is 8.28. The van der Waals surface area contributed by atoms with E-state index in [4.69, 9.17) is 4.74 Å². The van der Waals surface area contributed by atoms with Gasteiger partial charge in [-0.05, 0) is 35.4 Å². The quantitative estimate of drug-likeness (QED) is 0.692. The Morgan fingerprint density at radius 1 is 0.923 bits per heavy atom. The van der Waals surface area contributed by atoms with Crippen molar-refractivity contribution in [2.24, 2.45) is 0 Å². The molecule has 0 aromatic heterocycles. The van der Waals surface area contributed by atoms with Gasteiger partial charge in [0, 0.05) is 5.69 Å². The van der Waals surface area contributed by atoms with Crippen LogP contribution in [-0.2, 0) is 14.3 Å².